The van der Waals surface area contributed by atoms with Crippen LogP contribution in [0.4, 0.5) is 10.6 Å². The van der Waals surface area contributed by atoms with Crippen LogP contribution < -0.4 is 4.90 Å². The van der Waals surface area contributed by atoms with Crippen molar-refractivity contribution < 1.29 is 14.3 Å². The van der Waals surface area contributed by atoms with E-state index in [1.807, 2.05) is 20.8 Å². The standard InChI is InChI=1S/C18H28N4O3/c1-13-10-21(17(23)25-18(2,3)4)6-7-22(13)16-9-15(19-12-20-16)14-5-8-24-11-14/h9,12-14H,5-8,10-11H2,1-4H3/t13-,14?/m0/s1. The van der Waals surface area contributed by atoms with E-state index in [0.717, 1.165) is 37.7 Å². The Kier molecular flexibility index (Phi) is 5.13. The van der Waals surface area contributed by atoms with Crippen LogP contribution in [0.2, 0.25) is 0 Å². The number of carbonyl (C=O) groups excluding carboxylic acids is 1. The van der Waals surface area contributed by atoms with E-state index >= 15 is 0 Å². The highest BCUT2D eigenvalue weighted by molar-refractivity contribution is 5.68. The van der Waals surface area contributed by atoms with Crippen LogP contribution in [0, 0.1) is 0 Å². The second-order valence-electron chi connectivity index (χ2n) is 7.83. The number of hydrogen-bond acceptors (Lipinski definition) is 6. The number of amides is 1. The number of nitrogens with zero attached hydrogens (tertiary/aromatic N) is 4. The van der Waals surface area contributed by atoms with Gasteiger partial charge in [-0.05, 0) is 34.1 Å². The topological polar surface area (TPSA) is 67.8 Å². The zero-order valence-corrected chi connectivity index (χ0v) is 15.6. The number of piperazine rings is 1. The summed E-state index contributed by atoms with van der Waals surface area (Å²) in [7, 11) is 0. The summed E-state index contributed by atoms with van der Waals surface area (Å²) in [5.41, 5.74) is 0.576. The van der Waals surface area contributed by atoms with Crippen molar-refractivity contribution >= 4 is 11.9 Å². The van der Waals surface area contributed by atoms with Crippen LogP contribution in [0.3, 0.4) is 0 Å². The summed E-state index contributed by atoms with van der Waals surface area (Å²) in [6, 6.07) is 2.24. The van der Waals surface area contributed by atoms with E-state index in [2.05, 4.69) is 27.9 Å². The van der Waals surface area contributed by atoms with E-state index in [4.69, 9.17) is 9.47 Å². The molecule has 0 aliphatic carbocycles. The average molecular weight is 348 g/mol. The molecule has 3 heterocycles. The van der Waals surface area contributed by atoms with Crippen molar-refractivity contribution in [3.8, 4) is 0 Å². The fourth-order valence-electron chi connectivity index (χ4n) is 3.30. The van der Waals surface area contributed by atoms with Gasteiger partial charge >= 0.3 is 6.09 Å². The van der Waals surface area contributed by atoms with Crippen molar-refractivity contribution in [2.24, 2.45) is 0 Å². The van der Waals surface area contributed by atoms with Crippen molar-refractivity contribution in [2.45, 2.75) is 51.7 Å². The van der Waals surface area contributed by atoms with Crippen LogP contribution in [-0.2, 0) is 9.47 Å². The second-order valence-corrected chi connectivity index (χ2v) is 7.83. The molecule has 2 saturated heterocycles. The second kappa shape index (κ2) is 7.15. The predicted molar refractivity (Wildman–Crippen MR) is 94.8 cm³/mol. The molecule has 0 radical (unpaired) electrons. The fraction of sp³-hybridized carbons (Fsp3) is 0.722. The van der Waals surface area contributed by atoms with Crippen molar-refractivity contribution in [1.29, 1.82) is 0 Å². The van der Waals surface area contributed by atoms with Crippen molar-refractivity contribution in [2.75, 3.05) is 37.7 Å². The van der Waals surface area contributed by atoms with Crippen molar-refractivity contribution in [3.63, 3.8) is 0 Å². The molecule has 0 bridgehead atoms. The summed E-state index contributed by atoms with van der Waals surface area (Å²) >= 11 is 0. The highest BCUT2D eigenvalue weighted by Crippen LogP contribution is 2.27. The molecule has 1 amide bonds. The fourth-order valence-corrected chi connectivity index (χ4v) is 3.30. The number of carbonyl (C=O) groups is 1. The SMILES string of the molecule is C[C@H]1CN(C(=O)OC(C)(C)C)CCN1c1cc(C2CCOC2)ncn1. The first kappa shape index (κ1) is 17.9. The largest absolute Gasteiger partial charge is 0.444 e. The van der Waals surface area contributed by atoms with Crippen LogP contribution in [0.25, 0.3) is 0 Å². The molecule has 2 fully saturated rings. The third-order valence-corrected chi connectivity index (χ3v) is 4.60. The first-order valence-corrected chi connectivity index (χ1v) is 8.98. The van der Waals surface area contributed by atoms with Crippen LogP contribution in [0.1, 0.15) is 45.7 Å². The van der Waals surface area contributed by atoms with Gasteiger partial charge in [0.15, 0.2) is 0 Å². The molecule has 0 spiro atoms. The minimum atomic E-state index is -0.470. The Morgan fingerprint density at radius 3 is 2.76 bits per heavy atom. The lowest BCUT2D eigenvalue weighted by molar-refractivity contribution is 0.0218. The quantitative estimate of drug-likeness (QED) is 0.818. The lowest BCUT2D eigenvalue weighted by Crippen LogP contribution is -2.54. The van der Waals surface area contributed by atoms with Crippen LogP contribution in [0.15, 0.2) is 12.4 Å². The Bertz CT molecular complexity index is 611. The van der Waals surface area contributed by atoms with E-state index in [1.54, 1.807) is 11.2 Å². The smallest absolute Gasteiger partial charge is 0.410 e. The highest BCUT2D eigenvalue weighted by Gasteiger charge is 2.31. The van der Waals surface area contributed by atoms with Crippen LogP contribution in [0.5, 0.6) is 0 Å². The Morgan fingerprint density at radius 2 is 2.12 bits per heavy atom. The summed E-state index contributed by atoms with van der Waals surface area (Å²) in [6.07, 6.45) is 2.40. The Hall–Kier alpha value is -1.89. The van der Waals surface area contributed by atoms with Gasteiger partial charge in [0.25, 0.3) is 0 Å². The molecule has 138 valence electrons. The molecule has 0 saturated carbocycles. The lowest BCUT2D eigenvalue weighted by Gasteiger charge is -2.40. The van der Waals surface area contributed by atoms with Gasteiger partial charge in [-0.3, -0.25) is 0 Å². The molecule has 0 aromatic carbocycles. The Labute approximate surface area is 149 Å². The van der Waals surface area contributed by atoms with Gasteiger partial charge in [0.05, 0.1) is 12.3 Å². The van der Waals surface area contributed by atoms with E-state index in [0.29, 0.717) is 19.0 Å². The first-order valence-electron chi connectivity index (χ1n) is 8.98. The van der Waals surface area contributed by atoms with Gasteiger partial charge in [-0.25, -0.2) is 14.8 Å². The summed E-state index contributed by atoms with van der Waals surface area (Å²) in [6.45, 7) is 11.3. The Balaban J connectivity index is 1.65. The molecule has 2 aliphatic heterocycles. The Morgan fingerprint density at radius 1 is 1.32 bits per heavy atom. The van der Waals surface area contributed by atoms with Gasteiger partial charge in [0.2, 0.25) is 0 Å². The van der Waals surface area contributed by atoms with Gasteiger partial charge in [-0.15, -0.1) is 0 Å². The number of aromatic nitrogens is 2. The molecule has 7 heteroatoms. The minimum absolute atomic E-state index is 0.170. The normalized spacial score (nSPS) is 24.5. The van der Waals surface area contributed by atoms with Crippen LogP contribution >= 0.6 is 0 Å². The number of anilines is 1. The van der Waals surface area contributed by atoms with E-state index < -0.39 is 5.60 Å². The van der Waals surface area contributed by atoms with Crippen molar-refractivity contribution in [1.82, 2.24) is 14.9 Å². The van der Waals surface area contributed by atoms with Gasteiger partial charge in [0, 0.05) is 44.3 Å². The molecular formula is C18H28N4O3. The zero-order valence-electron chi connectivity index (χ0n) is 15.6. The van der Waals surface area contributed by atoms with E-state index in [1.165, 1.54) is 0 Å². The van der Waals surface area contributed by atoms with E-state index in [-0.39, 0.29) is 12.1 Å². The summed E-state index contributed by atoms with van der Waals surface area (Å²) in [5, 5.41) is 0. The summed E-state index contributed by atoms with van der Waals surface area (Å²) < 4.78 is 10.9. The molecule has 1 aromatic rings. The van der Waals surface area contributed by atoms with Crippen LogP contribution in [-0.4, -0.2) is 65.5 Å². The molecule has 0 N–H and O–H groups in total. The van der Waals surface area contributed by atoms with Gasteiger partial charge < -0.3 is 19.3 Å². The van der Waals surface area contributed by atoms with Gasteiger partial charge in [-0.1, -0.05) is 0 Å². The third-order valence-electron chi connectivity index (χ3n) is 4.60. The number of hydrogen-bond donors (Lipinski definition) is 0. The summed E-state index contributed by atoms with van der Waals surface area (Å²) in [5.74, 6) is 1.29. The predicted octanol–water partition coefficient (Wildman–Crippen LogP) is 2.43. The molecule has 1 aromatic heterocycles. The number of rotatable bonds is 2. The maximum absolute atomic E-state index is 12.3. The van der Waals surface area contributed by atoms with Gasteiger partial charge in [-0.2, -0.15) is 0 Å². The maximum atomic E-state index is 12.3. The first-order chi connectivity index (χ1) is 11.8. The van der Waals surface area contributed by atoms with Crippen molar-refractivity contribution in [3.05, 3.63) is 18.1 Å². The average Bonchev–Trinajstić information content (AvgIpc) is 3.08. The monoisotopic (exact) mass is 348 g/mol. The summed E-state index contributed by atoms with van der Waals surface area (Å²) in [4.78, 5) is 25.2. The van der Waals surface area contributed by atoms with E-state index in [9.17, 15) is 4.79 Å². The molecule has 25 heavy (non-hydrogen) atoms. The molecular weight excluding hydrogens is 320 g/mol. The molecule has 2 atom stereocenters. The molecule has 1 unspecified atom stereocenters. The highest BCUT2D eigenvalue weighted by atomic mass is 16.6. The molecule has 7 nitrogen and oxygen atoms in total. The number of ether oxygens (including phenoxy) is 2. The third kappa shape index (κ3) is 4.39. The lowest BCUT2D eigenvalue weighted by atomic mass is 10.0. The molecule has 2 aliphatic rings. The molecule has 3 rings (SSSR count). The maximum Gasteiger partial charge on any atom is 0.410 e. The zero-order chi connectivity index (χ0) is 18.0. The van der Waals surface area contributed by atoms with Gasteiger partial charge in [0.1, 0.15) is 17.7 Å². The minimum Gasteiger partial charge on any atom is -0.444 e.